The molecule has 19 heavy (non-hydrogen) atoms. The first kappa shape index (κ1) is 13.3. The second kappa shape index (κ2) is 4.83. The summed E-state index contributed by atoms with van der Waals surface area (Å²) in [4.78, 5) is 0. The fraction of sp³-hybridized carbons (Fsp3) is 0.125. The molecule has 0 saturated carbocycles. The number of hydrogen-bond donors (Lipinski definition) is 1. The van der Waals surface area contributed by atoms with Gasteiger partial charge >= 0.3 is 0 Å². The van der Waals surface area contributed by atoms with E-state index in [0.717, 1.165) is 6.07 Å². The highest BCUT2D eigenvalue weighted by atomic mass is 19.1. The molecule has 1 unspecified atom stereocenters. The monoisotopic (exact) mass is 258 g/mol. The minimum Gasteiger partial charge on any atom is -0.374 e. The maximum absolute atomic E-state index is 13.6. The Labute approximate surface area is 110 Å². The number of halogens is 2. The molecule has 0 radical (unpaired) electrons. The van der Waals surface area contributed by atoms with Gasteiger partial charge in [0.2, 0.25) is 0 Å². The molecule has 0 amide bonds. The van der Waals surface area contributed by atoms with Crippen molar-refractivity contribution in [2.45, 2.75) is 12.5 Å². The standard InChI is InChI=1S/C16H12F2O/c1-3-16(2,19)12-6-4-11(5-7-12)14-9-8-13(17)10-15(14)18/h1,4-10,19H,2H3. The van der Waals surface area contributed by atoms with E-state index >= 15 is 0 Å². The van der Waals surface area contributed by atoms with Crippen LogP contribution in [0.5, 0.6) is 0 Å². The fourth-order valence-corrected chi connectivity index (χ4v) is 1.78. The van der Waals surface area contributed by atoms with Gasteiger partial charge in [-0.25, -0.2) is 8.78 Å². The Balaban J connectivity index is 2.41. The number of benzene rings is 2. The first-order valence-electron chi connectivity index (χ1n) is 5.70. The largest absolute Gasteiger partial charge is 0.374 e. The molecule has 1 N–H and O–H groups in total. The molecule has 2 aromatic rings. The normalized spacial score (nSPS) is 13.6. The van der Waals surface area contributed by atoms with E-state index in [2.05, 4.69) is 5.92 Å². The predicted molar refractivity (Wildman–Crippen MR) is 70.2 cm³/mol. The Kier molecular flexibility index (Phi) is 3.37. The molecule has 1 atom stereocenters. The van der Waals surface area contributed by atoms with Crippen LogP contribution in [-0.2, 0) is 5.60 Å². The Morgan fingerprint density at radius 2 is 1.74 bits per heavy atom. The highest BCUT2D eigenvalue weighted by Crippen LogP contribution is 2.26. The molecule has 0 heterocycles. The third-order valence-corrected chi connectivity index (χ3v) is 2.97. The number of rotatable bonds is 2. The zero-order valence-corrected chi connectivity index (χ0v) is 10.3. The Morgan fingerprint density at radius 3 is 2.26 bits per heavy atom. The minimum absolute atomic E-state index is 0.299. The van der Waals surface area contributed by atoms with Gasteiger partial charge in [0.15, 0.2) is 0 Å². The lowest BCUT2D eigenvalue weighted by molar-refractivity contribution is 0.122. The van der Waals surface area contributed by atoms with Crippen LogP contribution in [0.15, 0.2) is 42.5 Å². The van der Waals surface area contributed by atoms with E-state index in [9.17, 15) is 13.9 Å². The SMILES string of the molecule is C#CC(C)(O)c1ccc(-c2ccc(F)cc2F)cc1. The van der Waals surface area contributed by atoms with E-state index in [-0.39, 0.29) is 0 Å². The van der Waals surface area contributed by atoms with Gasteiger partial charge in [0.05, 0.1) is 0 Å². The van der Waals surface area contributed by atoms with Crippen molar-refractivity contribution in [1.82, 2.24) is 0 Å². The van der Waals surface area contributed by atoms with Crippen LogP contribution in [0.3, 0.4) is 0 Å². The van der Waals surface area contributed by atoms with E-state index in [0.29, 0.717) is 16.7 Å². The van der Waals surface area contributed by atoms with E-state index in [1.54, 1.807) is 24.3 Å². The van der Waals surface area contributed by atoms with Crippen LogP contribution in [0.2, 0.25) is 0 Å². The van der Waals surface area contributed by atoms with Gasteiger partial charge in [-0.1, -0.05) is 30.2 Å². The predicted octanol–water partition coefficient (Wildman–Crippen LogP) is 3.47. The van der Waals surface area contributed by atoms with Gasteiger partial charge in [-0.2, -0.15) is 0 Å². The molecule has 3 heteroatoms. The highest BCUT2D eigenvalue weighted by molar-refractivity contribution is 5.64. The van der Waals surface area contributed by atoms with Gasteiger partial charge < -0.3 is 5.11 Å². The molecule has 0 fully saturated rings. The van der Waals surface area contributed by atoms with Crippen LogP contribution >= 0.6 is 0 Å². The fourth-order valence-electron chi connectivity index (χ4n) is 1.78. The van der Waals surface area contributed by atoms with Crippen molar-refractivity contribution < 1.29 is 13.9 Å². The molecular weight excluding hydrogens is 246 g/mol. The second-order valence-electron chi connectivity index (χ2n) is 4.42. The lowest BCUT2D eigenvalue weighted by atomic mass is 9.94. The van der Waals surface area contributed by atoms with E-state index < -0.39 is 17.2 Å². The molecular formula is C16H12F2O. The van der Waals surface area contributed by atoms with Crippen molar-refractivity contribution in [2.24, 2.45) is 0 Å². The summed E-state index contributed by atoms with van der Waals surface area (Å²) in [5.74, 6) is 1.02. The van der Waals surface area contributed by atoms with Gasteiger partial charge in [0.1, 0.15) is 17.2 Å². The number of aliphatic hydroxyl groups is 1. The van der Waals surface area contributed by atoms with Gasteiger partial charge in [-0.05, 0) is 30.2 Å². The first-order chi connectivity index (χ1) is 8.94. The number of terminal acetylenes is 1. The third kappa shape index (κ3) is 2.64. The van der Waals surface area contributed by atoms with Crippen molar-refractivity contribution in [3.63, 3.8) is 0 Å². The summed E-state index contributed by atoms with van der Waals surface area (Å²) in [5, 5.41) is 9.89. The molecule has 0 spiro atoms. The van der Waals surface area contributed by atoms with Crippen molar-refractivity contribution in [1.29, 1.82) is 0 Å². The molecule has 0 bridgehead atoms. The van der Waals surface area contributed by atoms with E-state index in [1.165, 1.54) is 19.1 Å². The zero-order chi connectivity index (χ0) is 14.0. The molecule has 0 saturated heterocycles. The highest BCUT2D eigenvalue weighted by Gasteiger charge is 2.19. The summed E-state index contributed by atoms with van der Waals surface area (Å²) in [6, 6.07) is 9.93. The molecule has 0 aliphatic carbocycles. The molecule has 2 rings (SSSR count). The van der Waals surface area contributed by atoms with Crippen molar-refractivity contribution in [3.05, 3.63) is 59.7 Å². The van der Waals surface area contributed by atoms with Gasteiger partial charge in [0, 0.05) is 11.6 Å². The first-order valence-corrected chi connectivity index (χ1v) is 5.70. The minimum atomic E-state index is -1.36. The zero-order valence-electron chi connectivity index (χ0n) is 10.3. The van der Waals surface area contributed by atoms with Gasteiger partial charge in [0.25, 0.3) is 0 Å². The van der Waals surface area contributed by atoms with Crippen molar-refractivity contribution >= 4 is 0 Å². The van der Waals surface area contributed by atoms with Gasteiger partial charge in [-0.15, -0.1) is 6.42 Å². The third-order valence-electron chi connectivity index (χ3n) is 2.97. The summed E-state index contributed by atoms with van der Waals surface area (Å²) in [6.45, 7) is 1.50. The molecule has 0 aliphatic rings. The number of hydrogen-bond acceptors (Lipinski definition) is 1. The molecule has 0 aromatic heterocycles. The Bertz CT molecular complexity index is 637. The van der Waals surface area contributed by atoms with Crippen LogP contribution in [-0.4, -0.2) is 5.11 Å². The van der Waals surface area contributed by atoms with Crippen LogP contribution < -0.4 is 0 Å². The quantitative estimate of drug-likeness (QED) is 0.818. The van der Waals surface area contributed by atoms with Crippen LogP contribution in [0.1, 0.15) is 12.5 Å². The Morgan fingerprint density at radius 1 is 1.11 bits per heavy atom. The Hall–Kier alpha value is -2.18. The summed E-state index contributed by atoms with van der Waals surface area (Å²) in [7, 11) is 0. The second-order valence-corrected chi connectivity index (χ2v) is 4.42. The molecule has 96 valence electrons. The molecule has 0 aliphatic heterocycles. The average Bonchev–Trinajstić information content (AvgIpc) is 2.39. The topological polar surface area (TPSA) is 20.2 Å². The maximum atomic E-state index is 13.6. The van der Waals surface area contributed by atoms with Crippen molar-refractivity contribution in [2.75, 3.05) is 0 Å². The summed E-state index contributed by atoms with van der Waals surface area (Å²) in [5.41, 5.74) is 0.0727. The van der Waals surface area contributed by atoms with Gasteiger partial charge in [-0.3, -0.25) is 0 Å². The lowest BCUT2D eigenvalue weighted by Crippen LogP contribution is -2.17. The summed E-state index contributed by atoms with van der Waals surface area (Å²) in [6.07, 6.45) is 5.23. The van der Waals surface area contributed by atoms with E-state index in [4.69, 9.17) is 6.42 Å². The van der Waals surface area contributed by atoms with Crippen molar-refractivity contribution in [3.8, 4) is 23.5 Å². The molecule has 1 nitrogen and oxygen atoms in total. The summed E-state index contributed by atoms with van der Waals surface area (Å²) >= 11 is 0. The van der Waals surface area contributed by atoms with Crippen LogP contribution in [0.25, 0.3) is 11.1 Å². The van der Waals surface area contributed by atoms with Crippen LogP contribution in [0.4, 0.5) is 8.78 Å². The van der Waals surface area contributed by atoms with Crippen LogP contribution in [0, 0.1) is 24.0 Å². The molecule has 2 aromatic carbocycles. The average molecular weight is 258 g/mol. The maximum Gasteiger partial charge on any atom is 0.147 e. The van der Waals surface area contributed by atoms with E-state index in [1.807, 2.05) is 0 Å². The summed E-state index contributed by atoms with van der Waals surface area (Å²) < 4.78 is 26.4. The lowest BCUT2D eigenvalue weighted by Gasteiger charge is -2.17. The smallest absolute Gasteiger partial charge is 0.147 e.